The second kappa shape index (κ2) is 5.37. The van der Waals surface area contributed by atoms with Gasteiger partial charge in [-0.25, -0.2) is 0 Å². The highest BCUT2D eigenvalue weighted by molar-refractivity contribution is 5.36. The van der Waals surface area contributed by atoms with Gasteiger partial charge in [0.2, 0.25) is 0 Å². The average Bonchev–Trinajstić information content (AvgIpc) is 2.38. The fourth-order valence-corrected chi connectivity index (χ4v) is 2.49. The van der Waals surface area contributed by atoms with Crippen molar-refractivity contribution in [3.63, 3.8) is 0 Å². The summed E-state index contributed by atoms with van der Waals surface area (Å²) in [7, 11) is 1.71. The second-order valence-electron chi connectivity index (χ2n) is 4.63. The number of hydrogen-bond acceptors (Lipinski definition) is 2. The van der Waals surface area contributed by atoms with E-state index in [-0.39, 0.29) is 6.10 Å². The Morgan fingerprint density at radius 1 is 1.41 bits per heavy atom. The molecule has 0 unspecified atom stereocenters. The van der Waals surface area contributed by atoms with Gasteiger partial charge in [0.05, 0.1) is 13.2 Å². The van der Waals surface area contributed by atoms with Gasteiger partial charge in [-0.3, -0.25) is 0 Å². The monoisotopic (exact) mass is 232 g/mol. The summed E-state index contributed by atoms with van der Waals surface area (Å²) in [5.41, 5.74) is 2.34. The first kappa shape index (κ1) is 12.2. The van der Waals surface area contributed by atoms with E-state index in [0.29, 0.717) is 5.92 Å². The van der Waals surface area contributed by atoms with Gasteiger partial charge in [-0.2, -0.15) is 0 Å². The van der Waals surface area contributed by atoms with Crippen LogP contribution in [0.25, 0.3) is 0 Å². The van der Waals surface area contributed by atoms with Crippen LogP contribution in [0.4, 0.5) is 0 Å². The lowest BCUT2D eigenvalue weighted by Crippen LogP contribution is -2.23. The van der Waals surface area contributed by atoms with E-state index in [0.717, 1.165) is 30.8 Å². The van der Waals surface area contributed by atoms with Crippen LogP contribution in [0.3, 0.4) is 0 Å². The highest BCUT2D eigenvalue weighted by Crippen LogP contribution is 2.40. The first-order valence-electron chi connectivity index (χ1n) is 6.14. The third-order valence-electron chi connectivity index (χ3n) is 3.40. The number of hydrogen-bond donors (Lipinski definition) is 0. The Kier molecular flexibility index (Phi) is 3.85. The molecular weight excluding hydrogens is 212 g/mol. The molecule has 0 spiro atoms. The van der Waals surface area contributed by atoms with Crippen LogP contribution in [0, 0.1) is 5.92 Å². The Morgan fingerprint density at radius 2 is 2.18 bits per heavy atom. The lowest BCUT2D eigenvalue weighted by molar-refractivity contribution is -0.0171. The Labute approximate surface area is 103 Å². The lowest BCUT2D eigenvalue weighted by Gasteiger charge is -2.33. The summed E-state index contributed by atoms with van der Waals surface area (Å²) in [5.74, 6) is 1.31. The van der Waals surface area contributed by atoms with Crippen molar-refractivity contribution in [2.24, 2.45) is 5.92 Å². The molecule has 92 valence electrons. The normalized spacial score (nSPS) is 24.4. The fraction of sp³-hybridized carbons (Fsp3) is 0.467. The zero-order valence-corrected chi connectivity index (χ0v) is 10.6. The van der Waals surface area contributed by atoms with Crippen LogP contribution in [0.5, 0.6) is 5.75 Å². The molecule has 1 aromatic rings. The van der Waals surface area contributed by atoms with Crippen LogP contribution in [0.2, 0.25) is 0 Å². The largest absolute Gasteiger partial charge is 0.496 e. The van der Waals surface area contributed by atoms with Crippen molar-refractivity contribution in [1.29, 1.82) is 0 Å². The summed E-state index contributed by atoms with van der Waals surface area (Å²) in [6, 6.07) is 8.10. The van der Waals surface area contributed by atoms with E-state index in [1.54, 1.807) is 7.11 Å². The van der Waals surface area contributed by atoms with E-state index in [9.17, 15) is 0 Å². The molecule has 1 saturated heterocycles. The van der Waals surface area contributed by atoms with E-state index in [1.165, 1.54) is 5.57 Å². The molecule has 17 heavy (non-hydrogen) atoms. The summed E-state index contributed by atoms with van der Waals surface area (Å²) in [6.07, 6.45) is 2.36. The van der Waals surface area contributed by atoms with Crippen molar-refractivity contribution in [3.8, 4) is 5.75 Å². The van der Waals surface area contributed by atoms with Crippen LogP contribution in [0.15, 0.2) is 36.4 Å². The molecule has 0 amide bonds. The van der Waals surface area contributed by atoms with Crippen LogP contribution in [0.1, 0.15) is 31.4 Å². The molecule has 0 aliphatic carbocycles. The molecule has 0 bridgehead atoms. The van der Waals surface area contributed by atoms with E-state index in [4.69, 9.17) is 9.47 Å². The van der Waals surface area contributed by atoms with Crippen LogP contribution in [-0.4, -0.2) is 13.7 Å². The minimum Gasteiger partial charge on any atom is -0.496 e. The molecule has 0 radical (unpaired) electrons. The van der Waals surface area contributed by atoms with Gasteiger partial charge in [-0.05, 0) is 25.8 Å². The predicted molar refractivity (Wildman–Crippen MR) is 69.2 cm³/mol. The molecule has 0 saturated carbocycles. The van der Waals surface area contributed by atoms with Crippen molar-refractivity contribution in [2.45, 2.75) is 25.9 Å². The number of ether oxygens (including phenoxy) is 2. The molecule has 2 heteroatoms. The van der Waals surface area contributed by atoms with Crippen LogP contribution < -0.4 is 4.74 Å². The first-order chi connectivity index (χ1) is 8.24. The number of methoxy groups -OCH3 is 1. The molecule has 1 aliphatic rings. The topological polar surface area (TPSA) is 18.5 Å². The maximum absolute atomic E-state index is 5.94. The first-order valence-corrected chi connectivity index (χ1v) is 6.14. The molecule has 1 aliphatic heterocycles. The maximum atomic E-state index is 5.94. The third kappa shape index (κ3) is 2.52. The molecule has 0 aromatic heterocycles. The summed E-state index contributed by atoms with van der Waals surface area (Å²) >= 11 is 0. The van der Waals surface area contributed by atoms with Crippen LogP contribution in [-0.2, 0) is 4.74 Å². The van der Waals surface area contributed by atoms with E-state index >= 15 is 0 Å². The lowest BCUT2D eigenvalue weighted by atomic mass is 9.85. The Balaban J connectivity index is 2.32. The zero-order chi connectivity index (χ0) is 12.3. The maximum Gasteiger partial charge on any atom is 0.124 e. The van der Waals surface area contributed by atoms with Crippen molar-refractivity contribution < 1.29 is 9.47 Å². The minimum atomic E-state index is 0.0948. The van der Waals surface area contributed by atoms with Gasteiger partial charge in [0, 0.05) is 18.1 Å². The van der Waals surface area contributed by atoms with Crippen LogP contribution >= 0.6 is 0 Å². The molecule has 0 N–H and O–H groups in total. The number of rotatable bonds is 3. The van der Waals surface area contributed by atoms with Gasteiger partial charge in [0.15, 0.2) is 0 Å². The molecular formula is C15H20O2. The SMILES string of the molecule is C=C(C)[C@@H]1CCCO[C@H]1c1ccccc1OC. The number of para-hydroxylation sites is 1. The second-order valence-corrected chi connectivity index (χ2v) is 4.63. The zero-order valence-electron chi connectivity index (χ0n) is 10.6. The van der Waals surface area contributed by atoms with Crippen molar-refractivity contribution in [2.75, 3.05) is 13.7 Å². The van der Waals surface area contributed by atoms with Gasteiger partial charge in [-0.1, -0.05) is 30.4 Å². The standard InChI is InChI=1S/C15H20O2/c1-11(2)12-8-6-10-17-15(12)13-7-4-5-9-14(13)16-3/h4-5,7,9,12,15H,1,6,8,10H2,2-3H3/t12-,15+/m0/s1. The molecule has 1 heterocycles. The third-order valence-corrected chi connectivity index (χ3v) is 3.40. The Hall–Kier alpha value is -1.28. The van der Waals surface area contributed by atoms with Crippen molar-refractivity contribution in [3.05, 3.63) is 42.0 Å². The smallest absolute Gasteiger partial charge is 0.124 e. The average molecular weight is 232 g/mol. The number of benzene rings is 1. The summed E-state index contributed by atoms with van der Waals surface area (Å²) < 4.78 is 11.4. The highest BCUT2D eigenvalue weighted by atomic mass is 16.5. The van der Waals surface area contributed by atoms with Gasteiger partial charge in [0.25, 0.3) is 0 Å². The van der Waals surface area contributed by atoms with Gasteiger partial charge in [-0.15, -0.1) is 0 Å². The van der Waals surface area contributed by atoms with Gasteiger partial charge < -0.3 is 9.47 Å². The highest BCUT2D eigenvalue weighted by Gasteiger charge is 2.29. The molecule has 2 nitrogen and oxygen atoms in total. The fourth-order valence-electron chi connectivity index (χ4n) is 2.49. The van der Waals surface area contributed by atoms with E-state index < -0.39 is 0 Å². The summed E-state index contributed by atoms with van der Waals surface area (Å²) in [6.45, 7) is 7.00. The van der Waals surface area contributed by atoms with Crippen molar-refractivity contribution >= 4 is 0 Å². The van der Waals surface area contributed by atoms with Gasteiger partial charge >= 0.3 is 0 Å². The molecule has 2 rings (SSSR count). The van der Waals surface area contributed by atoms with Crippen molar-refractivity contribution in [1.82, 2.24) is 0 Å². The quantitative estimate of drug-likeness (QED) is 0.739. The van der Waals surface area contributed by atoms with Gasteiger partial charge in [0.1, 0.15) is 5.75 Å². The Bertz CT molecular complexity index is 398. The molecule has 1 fully saturated rings. The van der Waals surface area contributed by atoms with E-state index in [1.807, 2.05) is 18.2 Å². The summed E-state index contributed by atoms with van der Waals surface area (Å²) in [4.78, 5) is 0. The molecule has 1 aromatic carbocycles. The predicted octanol–water partition coefficient (Wildman–Crippen LogP) is 3.74. The van der Waals surface area contributed by atoms with E-state index in [2.05, 4.69) is 19.6 Å². The summed E-state index contributed by atoms with van der Waals surface area (Å²) in [5, 5.41) is 0. The Morgan fingerprint density at radius 3 is 2.88 bits per heavy atom. The minimum absolute atomic E-state index is 0.0948. The molecule has 2 atom stereocenters.